The van der Waals surface area contributed by atoms with Crippen molar-refractivity contribution in [3.05, 3.63) is 0 Å². The monoisotopic (exact) mass is 322 g/mol. The molecule has 1 N–H and O–H groups in total. The lowest BCUT2D eigenvalue weighted by molar-refractivity contribution is -0.159. The maximum Gasteiger partial charge on any atom is 0.309 e. The molecule has 0 aromatic heterocycles. The standard InChI is InChI=1S/C19H30O4/c1-11-9-19(3,18(21)22)10-14-5-4-13-8-15(23-12(2)20)6-7-16(13)17(11)14/h11,13-17H,4-10H2,1-3H3,(H,21,22)/t11-,13-,14+,15+,16+,17+,19+/m1/s1. The van der Waals surface area contributed by atoms with Gasteiger partial charge in [-0.1, -0.05) is 6.92 Å². The molecular weight excluding hydrogens is 292 g/mol. The highest BCUT2D eigenvalue weighted by molar-refractivity contribution is 5.74. The number of fused-ring (bicyclic) bond motifs is 3. The van der Waals surface area contributed by atoms with Gasteiger partial charge in [0.15, 0.2) is 0 Å². The number of carboxylic acid groups (broad SMARTS) is 1. The molecule has 0 heterocycles. The first kappa shape index (κ1) is 16.8. The highest BCUT2D eigenvalue weighted by Crippen LogP contribution is 2.57. The minimum absolute atomic E-state index is 0.105. The Kier molecular flexibility index (Phi) is 4.45. The van der Waals surface area contributed by atoms with Gasteiger partial charge in [-0.15, -0.1) is 0 Å². The molecule has 0 bridgehead atoms. The van der Waals surface area contributed by atoms with Crippen LogP contribution >= 0.6 is 0 Å². The summed E-state index contributed by atoms with van der Waals surface area (Å²) in [6, 6.07) is 0. The van der Waals surface area contributed by atoms with Crippen molar-refractivity contribution in [1.29, 1.82) is 0 Å². The average molecular weight is 322 g/mol. The molecule has 7 atom stereocenters. The first-order valence-electron chi connectivity index (χ1n) is 9.21. The van der Waals surface area contributed by atoms with Crippen LogP contribution in [0.1, 0.15) is 65.7 Å². The molecule has 4 nitrogen and oxygen atoms in total. The van der Waals surface area contributed by atoms with E-state index in [1.165, 1.54) is 13.3 Å². The topological polar surface area (TPSA) is 63.6 Å². The van der Waals surface area contributed by atoms with Crippen LogP contribution in [-0.2, 0) is 14.3 Å². The van der Waals surface area contributed by atoms with Crippen molar-refractivity contribution < 1.29 is 19.4 Å². The van der Waals surface area contributed by atoms with Gasteiger partial charge in [-0.3, -0.25) is 9.59 Å². The van der Waals surface area contributed by atoms with Crippen LogP contribution in [0.4, 0.5) is 0 Å². The van der Waals surface area contributed by atoms with Crippen LogP contribution in [0.15, 0.2) is 0 Å². The summed E-state index contributed by atoms with van der Waals surface area (Å²) >= 11 is 0. The summed E-state index contributed by atoms with van der Waals surface area (Å²) in [5, 5.41) is 9.61. The summed E-state index contributed by atoms with van der Waals surface area (Å²) < 4.78 is 5.45. The van der Waals surface area contributed by atoms with Gasteiger partial charge in [-0.05, 0) is 81.5 Å². The Hall–Kier alpha value is -1.06. The summed E-state index contributed by atoms with van der Waals surface area (Å²) in [4.78, 5) is 22.9. The molecule has 3 fully saturated rings. The average Bonchev–Trinajstić information content (AvgIpc) is 2.45. The number of carboxylic acids is 1. The van der Waals surface area contributed by atoms with Gasteiger partial charge in [0.1, 0.15) is 6.10 Å². The maximum absolute atomic E-state index is 11.7. The van der Waals surface area contributed by atoms with E-state index in [-0.39, 0.29) is 12.1 Å². The highest BCUT2D eigenvalue weighted by atomic mass is 16.5. The van der Waals surface area contributed by atoms with Crippen molar-refractivity contribution in [3.63, 3.8) is 0 Å². The van der Waals surface area contributed by atoms with Crippen LogP contribution in [0.5, 0.6) is 0 Å². The van der Waals surface area contributed by atoms with Crippen LogP contribution in [-0.4, -0.2) is 23.1 Å². The fraction of sp³-hybridized carbons (Fsp3) is 0.895. The number of hydrogen-bond donors (Lipinski definition) is 1. The van der Waals surface area contributed by atoms with E-state index in [1.807, 2.05) is 6.92 Å². The summed E-state index contributed by atoms with van der Waals surface area (Å²) in [5.41, 5.74) is -0.539. The number of esters is 1. The zero-order valence-electron chi connectivity index (χ0n) is 14.6. The Morgan fingerprint density at radius 2 is 1.78 bits per heavy atom. The third-order valence-corrected chi connectivity index (χ3v) is 6.93. The second kappa shape index (κ2) is 6.10. The van der Waals surface area contributed by atoms with Crippen LogP contribution in [0.25, 0.3) is 0 Å². The second-order valence-electron chi connectivity index (χ2n) is 8.63. The summed E-state index contributed by atoms with van der Waals surface area (Å²) in [5.74, 6) is 2.28. The van der Waals surface area contributed by atoms with Crippen molar-refractivity contribution in [2.24, 2.45) is 35.0 Å². The van der Waals surface area contributed by atoms with Crippen molar-refractivity contribution >= 4 is 11.9 Å². The molecule has 3 saturated carbocycles. The largest absolute Gasteiger partial charge is 0.481 e. The molecule has 0 saturated heterocycles. The minimum atomic E-state index is -0.622. The van der Waals surface area contributed by atoms with Crippen LogP contribution < -0.4 is 0 Å². The molecule has 3 rings (SSSR count). The molecule has 3 aliphatic rings. The Morgan fingerprint density at radius 1 is 1.09 bits per heavy atom. The number of hydrogen-bond acceptors (Lipinski definition) is 3. The first-order chi connectivity index (χ1) is 10.8. The quantitative estimate of drug-likeness (QED) is 0.784. The third-order valence-electron chi connectivity index (χ3n) is 6.93. The fourth-order valence-corrected chi connectivity index (χ4v) is 6.20. The fourth-order valence-electron chi connectivity index (χ4n) is 6.20. The van der Waals surface area contributed by atoms with Gasteiger partial charge in [-0.25, -0.2) is 0 Å². The molecule has 0 aromatic carbocycles. The summed E-state index contributed by atoms with van der Waals surface area (Å²) in [6.45, 7) is 5.70. The summed E-state index contributed by atoms with van der Waals surface area (Å²) in [6.07, 6.45) is 7.20. The van der Waals surface area contributed by atoms with Crippen LogP contribution in [0.3, 0.4) is 0 Å². The number of carbonyl (C=O) groups excluding carboxylic acids is 1. The minimum Gasteiger partial charge on any atom is -0.481 e. The molecule has 3 aliphatic carbocycles. The highest BCUT2D eigenvalue weighted by Gasteiger charge is 2.52. The Balaban J connectivity index is 1.71. The van der Waals surface area contributed by atoms with Gasteiger partial charge < -0.3 is 9.84 Å². The van der Waals surface area contributed by atoms with Crippen LogP contribution in [0.2, 0.25) is 0 Å². The zero-order valence-corrected chi connectivity index (χ0v) is 14.6. The molecule has 0 unspecified atom stereocenters. The second-order valence-corrected chi connectivity index (χ2v) is 8.63. The lowest BCUT2D eigenvalue weighted by Crippen LogP contribution is -2.49. The number of rotatable bonds is 2. The molecule has 130 valence electrons. The van der Waals surface area contributed by atoms with E-state index in [0.717, 1.165) is 38.5 Å². The predicted octanol–water partition coefficient (Wildman–Crippen LogP) is 3.88. The van der Waals surface area contributed by atoms with Gasteiger partial charge in [0.25, 0.3) is 0 Å². The first-order valence-corrected chi connectivity index (χ1v) is 9.21. The molecule has 0 aliphatic heterocycles. The van der Waals surface area contributed by atoms with E-state index < -0.39 is 11.4 Å². The van der Waals surface area contributed by atoms with Crippen molar-refractivity contribution in [3.8, 4) is 0 Å². The normalized spacial score (nSPS) is 46.4. The van der Waals surface area contributed by atoms with Crippen molar-refractivity contribution in [2.45, 2.75) is 71.8 Å². The lowest BCUT2D eigenvalue weighted by atomic mass is 9.51. The van der Waals surface area contributed by atoms with Crippen LogP contribution in [0, 0.1) is 35.0 Å². The zero-order chi connectivity index (χ0) is 16.8. The van der Waals surface area contributed by atoms with E-state index in [2.05, 4.69) is 6.92 Å². The van der Waals surface area contributed by atoms with E-state index in [9.17, 15) is 14.7 Å². The van der Waals surface area contributed by atoms with Gasteiger partial charge in [0.2, 0.25) is 0 Å². The summed E-state index contributed by atoms with van der Waals surface area (Å²) in [7, 11) is 0. The Bertz CT molecular complexity index is 488. The molecule has 4 heteroatoms. The number of aliphatic carboxylic acids is 1. The Labute approximate surface area is 139 Å². The molecule has 0 radical (unpaired) electrons. The molecular formula is C19H30O4. The lowest BCUT2D eigenvalue weighted by Gasteiger charge is -2.54. The molecule has 0 spiro atoms. The molecule has 0 amide bonds. The number of carbonyl (C=O) groups is 2. The third kappa shape index (κ3) is 3.14. The maximum atomic E-state index is 11.7. The van der Waals surface area contributed by atoms with Gasteiger partial charge in [0, 0.05) is 6.92 Å². The van der Waals surface area contributed by atoms with Gasteiger partial charge >= 0.3 is 11.9 Å². The van der Waals surface area contributed by atoms with Gasteiger partial charge in [0.05, 0.1) is 5.41 Å². The van der Waals surface area contributed by atoms with Crippen molar-refractivity contribution in [2.75, 3.05) is 0 Å². The SMILES string of the molecule is CC(=O)O[C@H]1CC[C@H]2[C@H](CC[C@H]3C[C@@](C)(C(=O)O)C[C@@H](C)[C@@H]32)C1. The van der Waals surface area contributed by atoms with E-state index in [0.29, 0.717) is 29.6 Å². The molecule has 23 heavy (non-hydrogen) atoms. The number of ether oxygens (including phenoxy) is 1. The van der Waals surface area contributed by atoms with E-state index in [4.69, 9.17) is 4.74 Å². The van der Waals surface area contributed by atoms with E-state index in [1.54, 1.807) is 0 Å². The Morgan fingerprint density at radius 3 is 2.43 bits per heavy atom. The van der Waals surface area contributed by atoms with E-state index >= 15 is 0 Å². The predicted molar refractivity (Wildman–Crippen MR) is 86.7 cm³/mol. The smallest absolute Gasteiger partial charge is 0.309 e. The van der Waals surface area contributed by atoms with Gasteiger partial charge in [-0.2, -0.15) is 0 Å². The van der Waals surface area contributed by atoms with Crippen molar-refractivity contribution in [1.82, 2.24) is 0 Å². The molecule has 0 aromatic rings.